The van der Waals surface area contributed by atoms with Gasteiger partial charge in [-0.1, -0.05) is 11.6 Å². The van der Waals surface area contributed by atoms with Crippen LogP contribution in [0.1, 0.15) is 0 Å². The van der Waals surface area contributed by atoms with Gasteiger partial charge in [-0.15, -0.1) is 0 Å². The molecule has 0 aliphatic carbocycles. The highest BCUT2D eigenvalue weighted by Crippen LogP contribution is 2.28. The Labute approximate surface area is 61.1 Å². The van der Waals surface area contributed by atoms with Crippen molar-refractivity contribution in [3.05, 3.63) is 0 Å². The topological polar surface area (TPSA) is 17.1 Å². The summed E-state index contributed by atoms with van der Waals surface area (Å²) < 4.78 is 41.2. The van der Waals surface area contributed by atoms with E-state index in [1.54, 1.807) is 0 Å². The van der Waals surface area contributed by atoms with Crippen molar-refractivity contribution in [1.29, 1.82) is 0 Å². The van der Waals surface area contributed by atoms with E-state index in [-0.39, 0.29) is 0 Å². The molecule has 0 radical (unpaired) electrons. The van der Waals surface area contributed by atoms with E-state index in [9.17, 15) is 17.4 Å². The Morgan fingerprint density at radius 2 is 1.78 bits per heavy atom. The maximum absolute atomic E-state index is 11.3. The minimum atomic E-state index is -4.69. The summed E-state index contributed by atoms with van der Waals surface area (Å²) in [6.45, 7) is 0. The average Bonchev–Trinajstić information content (AvgIpc) is 1.62. The first-order chi connectivity index (χ1) is 3.85. The molecule has 2 unspecified atom stereocenters. The van der Waals surface area contributed by atoms with Crippen LogP contribution in [-0.2, 0) is 10.0 Å². The first-order valence-electron chi connectivity index (χ1n) is 1.63. The highest BCUT2D eigenvalue weighted by molar-refractivity contribution is 8.09. The van der Waals surface area contributed by atoms with E-state index in [1.165, 1.54) is 0 Å². The zero-order chi connectivity index (χ0) is 7.65. The van der Waals surface area contributed by atoms with Crippen LogP contribution >= 0.6 is 22.3 Å². The maximum atomic E-state index is 11.3. The number of hydrogen-bond donors (Lipinski definition) is 0. The van der Waals surface area contributed by atoms with Gasteiger partial charge >= 0.3 is 6.18 Å². The Morgan fingerprint density at radius 3 is 1.78 bits per heavy atom. The fourth-order valence-electron chi connectivity index (χ4n) is 0.105. The van der Waals surface area contributed by atoms with Crippen LogP contribution in [0.4, 0.5) is 13.2 Å². The molecular weight excluding hydrogens is 200 g/mol. The van der Waals surface area contributed by atoms with Gasteiger partial charge in [0, 0.05) is 0 Å². The van der Waals surface area contributed by atoms with E-state index in [4.69, 9.17) is 0 Å². The van der Waals surface area contributed by atoms with Gasteiger partial charge in [0.2, 0.25) is 4.71 Å². The van der Waals surface area contributed by atoms with Crippen LogP contribution in [0, 0.1) is 0 Å². The Hall–Kier alpha value is 0.520. The molecule has 0 aliphatic heterocycles. The van der Waals surface area contributed by atoms with Gasteiger partial charge in [-0.2, -0.15) is 13.2 Å². The lowest BCUT2D eigenvalue weighted by Gasteiger charge is -2.07. The lowest BCUT2D eigenvalue weighted by Crippen LogP contribution is -2.24. The van der Waals surface area contributed by atoms with Gasteiger partial charge in [-0.25, -0.2) is 4.21 Å². The summed E-state index contributed by atoms with van der Waals surface area (Å²) in [6, 6.07) is 0. The van der Waals surface area contributed by atoms with E-state index >= 15 is 0 Å². The van der Waals surface area contributed by atoms with E-state index in [1.807, 2.05) is 0 Å². The van der Waals surface area contributed by atoms with Crippen molar-refractivity contribution in [2.45, 2.75) is 10.9 Å². The number of hydrogen-bond acceptors (Lipinski definition) is 1. The molecule has 0 aromatic rings. The van der Waals surface area contributed by atoms with Crippen molar-refractivity contribution in [2.75, 3.05) is 0 Å². The number of rotatable bonds is 1. The Bertz CT molecular complexity index is 123. The van der Waals surface area contributed by atoms with E-state index in [2.05, 4.69) is 22.3 Å². The van der Waals surface area contributed by atoms with Gasteiger partial charge in [-0.05, 0) is 10.7 Å². The van der Waals surface area contributed by atoms with Crippen molar-refractivity contribution in [3.63, 3.8) is 0 Å². The summed E-state index contributed by atoms with van der Waals surface area (Å²) in [5.41, 5.74) is 0. The molecule has 9 heavy (non-hydrogen) atoms. The molecule has 0 fully saturated rings. The summed E-state index contributed by atoms with van der Waals surface area (Å²) in [5.74, 6) is 0. The van der Waals surface area contributed by atoms with Crippen molar-refractivity contribution in [3.8, 4) is 0 Å². The lowest BCUT2D eigenvalue weighted by atomic mass is 10.8. The van der Waals surface area contributed by atoms with Crippen LogP contribution < -0.4 is 0 Å². The second-order valence-corrected chi connectivity index (χ2v) is 3.68. The zero-order valence-electron chi connectivity index (χ0n) is 3.78. The molecule has 0 bridgehead atoms. The summed E-state index contributed by atoms with van der Waals surface area (Å²) in [4.78, 5) is 0. The first kappa shape index (κ1) is 9.52. The normalized spacial score (nSPS) is 19.2. The lowest BCUT2D eigenvalue weighted by molar-refractivity contribution is -0.114. The highest BCUT2D eigenvalue weighted by Gasteiger charge is 2.42. The number of alkyl halides is 4. The molecule has 7 heteroatoms. The van der Waals surface area contributed by atoms with E-state index in [0.717, 1.165) is 0 Å². The van der Waals surface area contributed by atoms with Crippen LogP contribution in [0.25, 0.3) is 0 Å². The Morgan fingerprint density at radius 1 is 1.44 bits per heavy atom. The molecule has 1 nitrogen and oxygen atoms in total. The zero-order valence-corrected chi connectivity index (χ0v) is 6.11. The molecule has 0 aromatic heterocycles. The van der Waals surface area contributed by atoms with Gasteiger partial charge in [0.15, 0.2) is 0 Å². The van der Waals surface area contributed by atoms with Crippen molar-refractivity contribution in [2.24, 2.45) is 0 Å². The summed E-state index contributed by atoms with van der Waals surface area (Å²) in [5, 5.41) is 0. The second kappa shape index (κ2) is 3.07. The average molecular weight is 201 g/mol. The fraction of sp³-hybridized carbons (Fsp3) is 1.00. The fourth-order valence-corrected chi connectivity index (χ4v) is 0.618. The van der Waals surface area contributed by atoms with Crippen molar-refractivity contribution in [1.82, 2.24) is 0 Å². The van der Waals surface area contributed by atoms with Gasteiger partial charge < -0.3 is 0 Å². The maximum Gasteiger partial charge on any atom is 0.417 e. The molecule has 0 aliphatic rings. The van der Waals surface area contributed by atoms with Crippen LogP contribution in [0.2, 0.25) is 0 Å². The molecule has 0 N–H and O–H groups in total. The van der Waals surface area contributed by atoms with Gasteiger partial charge in [0.05, 0.1) is 0 Å². The van der Waals surface area contributed by atoms with E-state index in [0.29, 0.717) is 0 Å². The SMILES string of the molecule is O=S(Cl)C(Cl)C(F)(F)F. The summed E-state index contributed by atoms with van der Waals surface area (Å²) in [7, 11) is 1.97. The Kier molecular flexibility index (Phi) is 3.25. The predicted octanol–water partition coefficient (Wildman–Crippen LogP) is 2.02. The molecule has 0 saturated carbocycles. The minimum Gasteiger partial charge on any atom is -0.241 e. The van der Waals surface area contributed by atoms with Crippen LogP contribution in [0.5, 0.6) is 0 Å². The number of halogens is 5. The minimum absolute atomic E-state index is 2.47. The molecule has 0 amide bonds. The van der Waals surface area contributed by atoms with Crippen molar-refractivity contribution < 1.29 is 17.4 Å². The van der Waals surface area contributed by atoms with Crippen LogP contribution in [0.15, 0.2) is 0 Å². The molecule has 0 aromatic carbocycles. The first-order valence-corrected chi connectivity index (χ1v) is 4.11. The Balaban J connectivity index is 4.04. The van der Waals surface area contributed by atoms with Crippen LogP contribution in [-0.4, -0.2) is 15.1 Å². The van der Waals surface area contributed by atoms with Crippen LogP contribution in [0.3, 0.4) is 0 Å². The predicted molar refractivity (Wildman–Crippen MR) is 29.7 cm³/mol. The van der Waals surface area contributed by atoms with Gasteiger partial charge in [0.1, 0.15) is 10.0 Å². The molecule has 0 rings (SSSR count). The standard InChI is InChI=1S/C2HCl2F3OS/c3-1(9(4)8)2(5,6)7/h1H. The third kappa shape index (κ3) is 3.27. The molecule has 2 atom stereocenters. The van der Waals surface area contributed by atoms with Crippen molar-refractivity contribution >= 4 is 32.3 Å². The highest BCUT2D eigenvalue weighted by atomic mass is 35.7. The molecule has 0 heterocycles. The third-order valence-electron chi connectivity index (χ3n) is 0.420. The second-order valence-electron chi connectivity index (χ2n) is 1.11. The quantitative estimate of drug-likeness (QED) is 0.468. The van der Waals surface area contributed by atoms with Gasteiger partial charge in [0.25, 0.3) is 0 Å². The summed E-state index contributed by atoms with van der Waals surface area (Å²) >= 11 is 4.53. The molecule has 0 saturated heterocycles. The smallest absolute Gasteiger partial charge is 0.241 e. The monoisotopic (exact) mass is 200 g/mol. The molecule has 56 valence electrons. The van der Waals surface area contributed by atoms with Gasteiger partial charge in [-0.3, -0.25) is 0 Å². The third-order valence-corrected chi connectivity index (χ3v) is 2.55. The molecular formula is C2HCl2F3OS. The summed E-state index contributed by atoms with van der Waals surface area (Å²) in [6.07, 6.45) is -4.69. The molecule has 0 spiro atoms. The largest absolute Gasteiger partial charge is 0.417 e. The van der Waals surface area contributed by atoms with E-state index < -0.39 is 20.9 Å².